The van der Waals surface area contributed by atoms with Gasteiger partial charge in [-0.1, -0.05) is 0 Å². The molecule has 0 saturated heterocycles. The van der Waals surface area contributed by atoms with Gasteiger partial charge in [0.2, 0.25) is 0 Å². The third-order valence-corrected chi connectivity index (χ3v) is 0.882. The Kier molecular flexibility index (Phi) is 7.41. The molecule has 1 atom stereocenters. The molecule has 5 heteroatoms. The van der Waals surface area contributed by atoms with E-state index in [2.05, 4.69) is 5.32 Å². The van der Waals surface area contributed by atoms with E-state index in [4.69, 9.17) is 10.8 Å². The number of nitrogens with two attached hydrogens (primary N) is 1. The van der Waals surface area contributed by atoms with Crippen molar-refractivity contribution >= 4 is 18.4 Å². The van der Waals surface area contributed by atoms with Gasteiger partial charge in [0.25, 0.3) is 0 Å². The zero-order valence-electron chi connectivity index (χ0n) is 5.13. The third kappa shape index (κ3) is 4.20. The number of carboxylic acid groups (broad SMARTS) is 1. The Morgan fingerprint density at radius 3 is 2.33 bits per heavy atom. The molecule has 0 radical (unpaired) electrons. The molecule has 0 aromatic carbocycles. The molecule has 0 spiro atoms. The number of likely N-dealkylation sites (N-methyl/N-ethyl adjacent to an activating group) is 1. The predicted molar refractivity (Wildman–Crippen MR) is 36.8 cm³/mol. The first-order valence-corrected chi connectivity index (χ1v) is 2.32. The van der Waals surface area contributed by atoms with Crippen molar-refractivity contribution in [2.75, 3.05) is 13.6 Å². The first kappa shape index (κ1) is 11.5. The number of carbonyl (C=O) groups is 1. The summed E-state index contributed by atoms with van der Waals surface area (Å²) in [6, 6.07) is -0.602. The number of aliphatic carboxylic acids is 1. The summed E-state index contributed by atoms with van der Waals surface area (Å²) >= 11 is 0. The SMILES string of the molecule is CN[C@@H](CN)C(=O)O.Cl. The molecule has 4 nitrogen and oxygen atoms in total. The second kappa shape index (κ2) is 5.81. The molecular weight excluding hydrogens is 144 g/mol. The Labute approximate surface area is 59.8 Å². The average Bonchev–Trinajstić information content (AvgIpc) is 1.69. The van der Waals surface area contributed by atoms with E-state index in [9.17, 15) is 4.79 Å². The fourth-order valence-corrected chi connectivity index (χ4v) is 0.342. The smallest absolute Gasteiger partial charge is 0.322 e. The number of halogens is 1. The number of nitrogens with one attached hydrogen (secondary N) is 1. The van der Waals surface area contributed by atoms with E-state index in [-0.39, 0.29) is 19.0 Å². The lowest BCUT2D eigenvalue weighted by Gasteiger charge is -2.05. The Hall–Kier alpha value is -0.320. The van der Waals surface area contributed by atoms with E-state index in [1.54, 1.807) is 7.05 Å². The van der Waals surface area contributed by atoms with Crippen molar-refractivity contribution in [3.8, 4) is 0 Å². The van der Waals surface area contributed by atoms with Crippen LogP contribution in [0.25, 0.3) is 0 Å². The van der Waals surface area contributed by atoms with Crippen molar-refractivity contribution in [3.63, 3.8) is 0 Å². The van der Waals surface area contributed by atoms with Gasteiger partial charge in [0, 0.05) is 6.54 Å². The van der Waals surface area contributed by atoms with Crippen LogP contribution >= 0.6 is 12.4 Å². The van der Waals surface area contributed by atoms with Crippen LogP contribution in [0.15, 0.2) is 0 Å². The topological polar surface area (TPSA) is 75.3 Å². The van der Waals surface area contributed by atoms with Gasteiger partial charge in [-0.15, -0.1) is 12.4 Å². The second-order valence-corrected chi connectivity index (χ2v) is 1.42. The summed E-state index contributed by atoms with van der Waals surface area (Å²) in [6.07, 6.45) is 0. The Morgan fingerprint density at radius 1 is 1.89 bits per heavy atom. The maximum absolute atomic E-state index is 10.0. The highest BCUT2D eigenvalue weighted by Gasteiger charge is 2.10. The van der Waals surface area contributed by atoms with E-state index >= 15 is 0 Å². The Balaban J connectivity index is 0. The lowest BCUT2D eigenvalue weighted by atomic mass is 10.3. The molecule has 0 aliphatic heterocycles. The average molecular weight is 155 g/mol. The lowest BCUT2D eigenvalue weighted by molar-refractivity contribution is -0.139. The summed E-state index contributed by atoms with van der Waals surface area (Å²) in [4.78, 5) is 10.0. The van der Waals surface area contributed by atoms with Crippen LogP contribution in [0.5, 0.6) is 0 Å². The maximum atomic E-state index is 10.0. The summed E-state index contributed by atoms with van der Waals surface area (Å²) in [7, 11) is 1.56. The fraction of sp³-hybridized carbons (Fsp3) is 0.750. The molecule has 0 aromatic rings. The van der Waals surface area contributed by atoms with Gasteiger partial charge in [0.05, 0.1) is 0 Å². The standard InChI is InChI=1S/C4H10N2O2.ClH/c1-6-3(2-5)4(7)8;/h3,6H,2,5H2,1H3,(H,7,8);1H/t3-;/m0./s1. The first-order chi connectivity index (χ1) is 3.72. The zero-order chi connectivity index (χ0) is 6.57. The van der Waals surface area contributed by atoms with Crippen LogP contribution < -0.4 is 11.1 Å². The predicted octanol–water partition coefficient (Wildman–Crippen LogP) is -0.960. The van der Waals surface area contributed by atoms with E-state index in [0.717, 1.165) is 0 Å². The van der Waals surface area contributed by atoms with Gasteiger partial charge in [0.1, 0.15) is 6.04 Å². The van der Waals surface area contributed by atoms with Crippen molar-refractivity contribution in [1.29, 1.82) is 0 Å². The van der Waals surface area contributed by atoms with Crippen LogP contribution in [0, 0.1) is 0 Å². The number of carboxylic acids is 1. The molecule has 0 rings (SSSR count). The highest BCUT2D eigenvalue weighted by atomic mass is 35.5. The molecule has 9 heavy (non-hydrogen) atoms. The summed E-state index contributed by atoms with van der Waals surface area (Å²) in [5.41, 5.74) is 5.04. The Morgan fingerprint density at radius 2 is 2.33 bits per heavy atom. The minimum Gasteiger partial charge on any atom is -0.480 e. The van der Waals surface area contributed by atoms with E-state index in [1.807, 2.05) is 0 Å². The third-order valence-electron chi connectivity index (χ3n) is 0.882. The number of rotatable bonds is 3. The molecule has 0 heterocycles. The highest BCUT2D eigenvalue weighted by molar-refractivity contribution is 5.85. The quantitative estimate of drug-likeness (QED) is 0.490. The second-order valence-electron chi connectivity index (χ2n) is 1.42. The van der Waals surface area contributed by atoms with Gasteiger partial charge in [-0.05, 0) is 7.05 Å². The summed E-state index contributed by atoms with van der Waals surface area (Å²) < 4.78 is 0. The van der Waals surface area contributed by atoms with Gasteiger partial charge in [0.15, 0.2) is 0 Å². The molecular formula is C4H11ClN2O2. The van der Waals surface area contributed by atoms with Crippen molar-refractivity contribution in [1.82, 2.24) is 5.32 Å². The van der Waals surface area contributed by atoms with E-state index < -0.39 is 12.0 Å². The Bertz CT molecular complexity index is 84.6. The normalized spacial score (nSPS) is 11.8. The highest BCUT2D eigenvalue weighted by Crippen LogP contribution is 1.74. The summed E-state index contributed by atoms with van der Waals surface area (Å²) in [5.74, 6) is -0.907. The van der Waals surface area contributed by atoms with Crippen molar-refractivity contribution in [3.05, 3.63) is 0 Å². The van der Waals surface area contributed by atoms with Crippen LogP contribution in [0.4, 0.5) is 0 Å². The molecule has 0 fully saturated rings. The van der Waals surface area contributed by atoms with Crippen LogP contribution in [0.3, 0.4) is 0 Å². The van der Waals surface area contributed by atoms with Gasteiger partial charge < -0.3 is 16.2 Å². The van der Waals surface area contributed by atoms with Gasteiger partial charge >= 0.3 is 5.97 Å². The fourth-order valence-electron chi connectivity index (χ4n) is 0.342. The first-order valence-electron chi connectivity index (χ1n) is 2.32. The minimum atomic E-state index is -0.907. The van der Waals surface area contributed by atoms with Crippen molar-refractivity contribution in [2.45, 2.75) is 6.04 Å². The molecule has 0 saturated carbocycles. The monoisotopic (exact) mass is 154 g/mol. The molecule has 4 N–H and O–H groups in total. The van der Waals surface area contributed by atoms with Gasteiger partial charge in [-0.25, -0.2) is 0 Å². The minimum absolute atomic E-state index is 0. The van der Waals surface area contributed by atoms with Gasteiger partial charge in [-0.2, -0.15) is 0 Å². The molecule has 0 aliphatic rings. The maximum Gasteiger partial charge on any atom is 0.322 e. The molecule has 0 aromatic heterocycles. The van der Waals surface area contributed by atoms with Crippen molar-refractivity contribution in [2.24, 2.45) is 5.73 Å². The van der Waals surface area contributed by atoms with Crippen molar-refractivity contribution < 1.29 is 9.90 Å². The zero-order valence-corrected chi connectivity index (χ0v) is 5.94. The molecule has 0 unspecified atom stereocenters. The largest absolute Gasteiger partial charge is 0.480 e. The number of hydrogen-bond acceptors (Lipinski definition) is 3. The summed E-state index contributed by atoms with van der Waals surface area (Å²) in [5, 5.41) is 10.8. The van der Waals surface area contributed by atoms with Crippen LogP contribution in [0.1, 0.15) is 0 Å². The number of hydrogen-bond donors (Lipinski definition) is 3. The summed E-state index contributed by atoms with van der Waals surface area (Å²) in [6.45, 7) is 0.131. The van der Waals surface area contributed by atoms with Gasteiger partial charge in [-0.3, -0.25) is 4.79 Å². The van der Waals surface area contributed by atoms with Crippen LogP contribution in [-0.2, 0) is 4.79 Å². The van der Waals surface area contributed by atoms with Crippen LogP contribution in [0.2, 0.25) is 0 Å². The van der Waals surface area contributed by atoms with E-state index in [0.29, 0.717) is 0 Å². The van der Waals surface area contributed by atoms with E-state index in [1.165, 1.54) is 0 Å². The van der Waals surface area contributed by atoms with Crippen LogP contribution in [-0.4, -0.2) is 30.7 Å². The molecule has 56 valence electrons. The molecule has 0 amide bonds. The molecule has 0 bridgehead atoms. The lowest BCUT2D eigenvalue weighted by Crippen LogP contribution is -2.40. The molecule has 0 aliphatic carbocycles.